The molecule has 0 atom stereocenters. The molecule has 0 aliphatic heterocycles. The number of aryl methyl sites for hydroxylation is 2. The molecule has 0 saturated heterocycles. The molecular formula is C42H50Cl2SiZr. The van der Waals surface area contributed by atoms with Gasteiger partial charge in [0, 0.05) is 9.52 Å². The van der Waals surface area contributed by atoms with Crippen LogP contribution in [0.15, 0.2) is 109 Å². The summed E-state index contributed by atoms with van der Waals surface area (Å²) in [5, 5.41) is 5.38. The first kappa shape index (κ1) is 41.8. The third kappa shape index (κ3) is 10.4. The van der Waals surface area contributed by atoms with Gasteiger partial charge >= 0.3 is 26.2 Å². The second kappa shape index (κ2) is 17.8. The first-order valence-corrected chi connectivity index (χ1v) is 17.4. The Hall–Kier alpha value is -2.22. The van der Waals surface area contributed by atoms with Gasteiger partial charge in [-0.3, -0.25) is 0 Å². The zero-order valence-corrected chi connectivity index (χ0v) is 34.3. The third-order valence-corrected chi connectivity index (χ3v) is 7.91. The van der Waals surface area contributed by atoms with Crippen molar-refractivity contribution in [2.45, 2.75) is 79.3 Å². The van der Waals surface area contributed by atoms with E-state index in [-0.39, 0.29) is 61.8 Å². The van der Waals surface area contributed by atoms with Crippen molar-refractivity contribution in [2.75, 3.05) is 0 Å². The van der Waals surface area contributed by atoms with Crippen LogP contribution in [0.4, 0.5) is 0 Å². The van der Waals surface area contributed by atoms with Crippen molar-refractivity contribution in [3.8, 4) is 22.3 Å². The molecular weight excluding hydrogens is 695 g/mol. The Morgan fingerprint density at radius 2 is 0.804 bits per heavy atom. The number of fused-ring (bicyclic) bond motifs is 2. The molecule has 0 unspecified atom stereocenters. The van der Waals surface area contributed by atoms with Crippen LogP contribution in [0.3, 0.4) is 0 Å². The Morgan fingerprint density at radius 3 is 1.09 bits per heavy atom. The van der Waals surface area contributed by atoms with Crippen LogP contribution in [0.1, 0.15) is 63.8 Å². The maximum absolute atomic E-state index is 2.28. The molecule has 46 heavy (non-hydrogen) atoms. The van der Waals surface area contributed by atoms with Gasteiger partial charge in [0.2, 0.25) is 0 Å². The second-order valence-electron chi connectivity index (χ2n) is 13.8. The van der Waals surface area contributed by atoms with Crippen molar-refractivity contribution in [1.29, 1.82) is 0 Å². The average molecular weight is 745 g/mol. The molecule has 4 heteroatoms. The Bertz CT molecular complexity index is 1640. The Kier molecular flexibility index (Phi) is 16.2. The van der Waals surface area contributed by atoms with Crippen LogP contribution in [-0.4, -0.2) is 9.52 Å². The minimum absolute atomic E-state index is 0. The molecule has 0 amide bonds. The fraction of sp³-hybridized carbons (Fsp3) is 0.286. The fourth-order valence-corrected chi connectivity index (χ4v) is 5.57. The van der Waals surface area contributed by atoms with Gasteiger partial charge in [-0.25, -0.2) is 0 Å². The van der Waals surface area contributed by atoms with Crippen molar-refractivity contribution in [2.24, 2.45) is 0 Å². The standard InChI is InChI=1S/2C20H21.C2H6Si.2ClH.Zr/c2*1-14-12-16-6-5-7-18(19(16)13-14)15-8-10-17(11-9-15)20(2,3)4;1-3-2;;;/h2*5-13H,1-4H3;1-2H3;2*1H;/q2*-1;;;;+2. The minimum Gasteiger partial charge on any atom is -0.165 e. The van der Waals surface area contributed by atoms with Gasteiger partial charge in [0.15, 0.2) is 0 Å². The summed E-state index contributed by atoms with van der Waals surface area (Å²) >= 11 is 0. The summed E-state index contributed by atoms with van der Waals surface area (Å²) in [6.07, 6.45) is 0. The molecule has 0 fully saturated rings. The van der Waals surface area contributed by atoms with Crippen LogP contribution in [0.5, 0.6) is 0 Å². The number of rotatable bonds is 2. The molecule has 6 aromatic rings. The van der Waals surface area contributed by atoms with E-state index in [2.05, 4.69) is 178 Å². The third-order valence-electron chi connectivity index (χ3n) is 7.91. The SMILES string of the molecule is C[Si]C.Cc1cc2c(-c3ccc(C(C)(C)C)cc3)cccc2[cH-]1.Cc1cc2c(-c3ccc(C(C)(C)C)cc3)cccc2[cH-]1.Cl.Cl.[Zr+2]. The van der Waals surface area contributed by atoms with Crippen molar-refractivity contribution >= 4 is 55.9 Å². The summed E-state index contributed by atoms with van der Waals surface area (Å²) in [4.78, 5) is 0. The maximum atomic E-state index is 2.28. The van der Waals surface area contributed by atoms with Crippen LogP contribution in [0.2, 0.25) is 13.1 Å². The minimum atomic E-state index is 0. The number of benzene rings is 4. The Labute approximate surface area is 312 Å². The summed E-state index contributed by atoms with van der Waals surface area (Å²) in [6.45, 7) is 22.1. The van der Waals surface area contributed by atoms with Crippen LogP contribution in [0.25, 0.3) is 43.8 Å². The van der Waals surface area contributed by atoms with Gasteiger partial charge in [-0.1, -0.05) is 140 Å². The predicted octanol–water partition coefficient (Wildman–Crippen LogP) is 13.3. The zero-order chi connectivity index (χ0) is 31.4. The van der Waals surface area contributed by atoms with Crippen molar-refractivity contribution < 1.29 is 26.2 Å². The molecule has 0 aliphatic rings. The zero-order valence-electron chi connectivity index (χ0n) is 29.2. The molecule has 0 bridgehead atoms. The van der Waals surface area contributed by atoms with Gasteiger partial charge in [-0.05, 0) is 33.1 Å². The molecule has 0 heterocycles. The first-order valence-electron chi connectivity index (χ1n) is 15.4. The molecule has 0 N–H and O–H groups in total. The largest absolute Gasteiger partial charge is 2.00 e. The normalized spacial score (nSPS) is 10.8. The predicted molar refractivity (Wildman–Crippen MR) is 209 cm³/mol. The Balaban J connectivity index is 0.000000400. The van der Waals surface area contributed by atoms with E-state index in [1.165, 1.54) is 66.1 Å². The molecule has 2 radical (unpaired) electrons. The smallest absolute Gasteiger partial charge is 0.165 e. The van der Waals surface area contributed by atoms with Crippen molar-refractivity contribution in [3.05, 3.63) is 131 Å². The molecule has 6 rings (SSSR count). The van der Waals surface area contributed by atoms with E-state index in [9.17, 15) is 0 Å². The van der Waals surface area contributed by atoms with E-state index in [1.807, 2.05) is 0 Å². The summed E-state index contributed by atoms with van der Waals surface area (Å²) in [6, 6.07) is 40.2. The van der Waals surface area contributed by atoms with Gasteiger partial charge in [-0.2, -0.15) is 12.1 Å². The van der Waals surface area contributed by atoms with E-state index < -0.39 is 0 Å². The fourth-order valence-electron chi connectivity index (χ4n) is 5.57. The molecule has 0 spiro atoms. The maximum Gasteiger partial charge on any atom is 2.00 e. The van der Waals surface area contributed by atoms with Crippen molar-refractivity contribution in [3.63, 3.8) is 0 Å². The molecule has 0 saturated carbocycles. The van der Waals surface area contributed by atoms with Crippen LogP contribution in [0, 0.1) is 13.8 Å². The monoisotopic (exact) mass is 742 g/mol. The van der Waals surface area contributed by atoms with E-state index in [0.29, 0.717) is 0 Å². The molecule has 0 aliphatic carbocycles. The quantitative estimate of drug-likeness (QED) is 0.122. The summed E-state index contributed by atoms with van der Waals surface area (Å²) in [7, 11) is 1.08. The average Bonchev–Trinajstić information content (AvgIpc) is 3.53. The van der Waals surface area contributed by atoms with Crippen LogP contribution >= 0.6 is 24.8 Å². The van der Waals surface area contributed by atoms with Crippen LogP contribution in [-0.2, 0) is 37.0 Å². The number of halogens is 2. The summed E-state index contributed by atoms with van der Waals surface area (Å²) in [5.41, 5.74) is 11.1. The van der Waals surface area contributed by atoms with Crippen LogP contribution < -0.4 is 0 Å². The van der Waals surface area contributed by atoms with E-state index in [4.69, 9.17) is 0 Å². The molecule has 240 valence electrons. The van der Waals surface area contributed by atoms with Gasteiger partial charge in [0.1, 0.15) is 0 Å². The van der Waals surface area contributed by atoms with Gasteiger partial charge in [-0.15, -0.1) is 93.9 Å². The second-order valence-corrected chi connectivity index (χ2v) is 14.8. The topological polar surface area (TPSA) is 0 Å². The number of hydrogen-bond acceptors (Lipinski definition) is 0. The van der Waals surface area contributed by atoms with E-state index in [0.717, 1.165) is 9.52 Å². The van der Waals surface area contributed by atoms with Gasteiger partial charge in [0.05, 0.1) is 0 Å². The number of hydrogen-bond donors (Lipinski definition) is 0. The summed E-state index contributed by atoms with van der Waals surface area (Å²) in [5.74, 6) is 0. The molecule has 0 nitrogen and oxygen atoms in total. The first-order chi connectivity index (χ1) is 20.3. The Morgan fingerprint density at radius 1 is 0.500 bits per heavy atom. The van der Waals surface area contributed by atoms with E-state index >= 15 is 0 Å². The molecule has 0 aromatic heterocycles. The van der Waals surface area contributed by atoms with Crippen molar-refractivity contribution in [1.82, 2.24) is 0 Å². The van der Waals surface area contributed by atoms with Gasteiger partial charge < -0.3 is 0 Å². The molecule has 6 aromatic carbocycles. The summed E-state index contributed by atoms with van der Waals surface area (Å²) < 4.78 is 0. The van der Waals surface area contributed by atoms with E-state index in [1.54, 1.807) is 0 Å². The van der Waals surface area contributed by atoms with Gasteiger partial charge in [0.25, 0.3) is 0 Å².